The fourth-order valence-electron chi connectivity index (χ4n) is 3.41. The van der Waals surface area contributed by atoms with Crippen molar-refractivity contribution in [1.82, 2.24) is 9.97 Å². The van der Waals surface area contributed by atoms with Gasteiger partial charge in [-0.15, -0.1) is 0 Å². The molecule has 37 heavy (non-hydrogen) atoms. The first-order valence-electron chi connectivity index (χ1n) is 10.9. The fourth-order valence-corrected chi connectivity index (χ4v) is 4.28. The molecule has 9 nitrogen and oxygen atoms in total. The molecule has 0 amide bonds. The van der Waals surface area contributed by atoms with Gasteiger partial charge in [0.15, 0.2) is 0 Å². The number of anilines is 1. The van der Waals surface area contributed by atoms with Gasteiger partial charge in [-0.3, -0.25) is 0 Å². The second kappa shape index (κ2) is 11.5. The molecular weight excluding hydrogens is 497 g/mol. The minimum atomic E-state index is -1.01. The Morgan fingerprint density at radius 2 is 2.00 bits per heavy atom. The molecule has 0 spiro atoms. The lowest BCUT2D eigenvalue weighted by Crippen LogP contribution is -2.21. The number of aromatic nitrogens is 2. The molecule has 1 atom stereocenters. The summed E-state index contributed by atoms with van der Waals surface area (Å²) >= 11 is 1.21. The highest BCUT2D eigenvalue weighted by atomic mass is 32.2. The minimum Gasteiger partial charge on any atom is -0.491 e. The summed E-state index contributed by atoms with van der Waals surface area (Å²) in [4.78, 5) is 12.2. The van der Waals surface area contributed by atoms with Crippen molar-refractivity contribution in [3.63, 3.8) is 0 Å². The molecule has 0 unspecified atom stereocenters. The standard InChI is InChI=1S/C26H20FN5O4S/c1-30-23-22(15-5-7-20(8-6-15)35-13-19(34)11-33)21(10-28)26(32-24(23)29)37-14-18-12-36-25(31-18)16-3-2-4-17(27)9-16/h2-9,12,19,33-34H,11,13-14H2,(H2,29,32)/t19-/m1/s1. The normalized spacial score (nSPS) is 11.5. The Morgan fingerprint density at radius 1 is 1.22 bits per heavy atom. The largest absolute Gasteiger partial charge is 0.491 e. The molecule has 4 aromatic rings. The monoisotopic (exact) mass is 517 g/mol. The first-order chi connectivity index (χ1) is 17.9. The summed E-state index contributed by atoms with van der Waals surface area (Å²) in [6.07, 6.45) is 0.441. The number of thioether (sulfide) groups is 1. The van der Waals surface area contributed by atoms with Crippen LogP contribution in [0.2, 0.25) is 0 Å². The van der Waals surface area contributed by atoms with Crippen LogP contribution in [0.3, 0.4) is 0 Å². The number of pyridine rings is 1. The van der Waals surface area contributed by atoms with Crippen molar-refractivity contribution in [2.24, 2.45) is 0 Å². The van der Waals surface area contributed by atoms with E-state index in [0.717, 1.165) is 0 Å². The van der Waals surface area contributed by atoms with Gasteiger partial charge in [0.25, 0.3) is 0 Å². The molecule has 0 bridgehead atoms. The van der Waals surface area contributed by atoms with Crippen molar-refractivity contribution in [2.75, 3.05) is 18.9 Å². The molecule has 0 radical (unpaired) electrons. The van der Waals surface area contributed by atoms with Crippen molar-refractivity contribution >= 4 is 23.3 Å². The Kier molecular flexibility index (Phi) is 8.01. The molecule has 0 aliphatic carbocycles. The van der Waals surface area contributed by atoms with Gasteiger partial charge in [-0.2, -0.15) is 5.26 Å². The predicted octanol–water partition coefficient (Wildman–Crippen LogP) is 4.57. The fraction of sp³-hybridized carbons (Fsp3) is 0.154. The number of rotatable bonds is 9. The van der Waals surface area contributed by atoms with E-state index in [1.165, 1.54) is 30.2 Å². The van der Waals surface area contributed by atoms with Gasteiger partial charge in [0, 0.05) is 16.9 Å². The highest BCUT2D eigenvalue weighted by Crippen LogP contribution is 2.42. The number of hydrogen-bond acceptors (Lipinski definition) is 9. The van der Waals surface area contributed by atoms with Gasteiger partial charge in [0.2, 0.25) is 11.6 Å². The lowest BCUT2D eigenvalue weighted by molar-refractivity contribution is 0.0536. The van der Waals surface area contributed by atoms with Gasteiger partial charge in [-0.1, -0.05) is 30.0 Å². The lowest BCUT2D eigenvalue weighted by atomic mass is 10.00. The van der Waals surface area contributed by atoms with Crippen LogP contribution in [0.5, 0.6) is 5.75 Å². The van der Waals surface area contributed by atoms with E-state index < -0.39 is 18.5 Å². The first kappa shape index (κ1) is 25.7. The van der Waals surface area contributed by atoms with E-state index >= 15 is 0 Å². The second-order valence-electron chi connectivity index (χ2n) is 7.74. The van der Waals surface area contributed by atoms with Gasteiger partial charge in [-0.25, -0.2) is 19.2 Å². The summed E-state index contributed by atoms with van der Waals surface area (Å²) in [6.45, 7) is 7.09. The molecule has 0 saturated carbocycles. The smallest absolute Gasteiger partial charge is 0.236 e. The van der Waals surface area contributed by atoms with Crippen LogP contribution in [0, 0.1) is 23.7 Å². The molecule has 11 heteroatoms. The van der Waals surface area contributed by atoms with Crippen molar-refractivity contribution in [3.8, 4) is 34.4 Å². The van der Waals surface area contributed by atoms with Crippen LogP contribution in [-0.2, 0) is 5.75 Å². The maximum atomic E-state index is 13.5. The van der Waals surface area contributed by atoms with E-state index in [0.29, 0.717) is 33.2 Å². The number of hydrogen-bond donors (Lipinski definition) is 3. The van der Waals surface area contributed by atoms with Crippen LogP contribution in [0.4, 0.5) is 15.9 Å². The van der Waals surface area contributed by atoms with Gasteiger partial charge >= 0.3 is 0 Å². The summed E-state index contributed by atoms with van der Waals surface area (Å²) < 4.78 is 24.4. The number of oxazole rings is 1. The Balaban J connectivity index is 1.60. The maximum Gasteiger partial charge on any atom is 0.236 e. The Morgan fingerprint density at radius 3 is 2.68 bits per heavy atom. The van der Waals surface area contributed by atoms with E-state index in [4.69, 9.17) is 26.6 Å². The number of aliphatic hydroxyl groups is 2. The number of aliphatic hydroxyl groups excluding tert-OH is 2. The van der Waals surface area contributed by atoms with Crippen molar-refractivity contribution < 1.29 is 23.8 Å². The number of nitrogen functional groups attached to an aromatic ring is 1. The molecule has 4 rings (SSSR count). The summed E-state index contributed by atoms with van der Waals surface area (Å²) in [5, 5.41) is 28.7. The van der Waals surface area contributed by atoms with E-state index in [1.54, 1.807) is 36.4 Å². The summed E-state index contributed by atoms with van der Waals surface area (Å²) in [6, 6.07) is 14.6. The molecule has 2 aromatic carbocycles. The summed E-state index contributed by atoms with van der Waals surface area (Å²) in [5.41, 5.74) is 8.28. The van der Waals surface area contributed by atoms with Crippen molar-refractivity contribution in [2.45, 2.75) is 16.9 Å². The van der Waals surface area contributed by atoms with Crippen LogP contribution in [-0.4, -0.2) is 39.5 Å². The molecule has 0 aliphatic heterocycles. The van der Waals surface area contributed by atoms with Gasteiger partial charge in [0.1, 0.15) is 47.5 Å². The number of nitrogens with zero attached hydrogens (tertiary/aromatic N) is 4. The van der Waals surface area contributed by atoms with E-state index in [9.17, 15) is 14.8 Å². The molecule has 186 valence electrons. The highest BCUT2D eigenvalue weighted by Gasteiger charge is 2.21. The molecular formula is C26H20FN5O4S. The van der Waals surface area contributed by atoms with Gasteiger partial charge in [-0.05, 0) is 35.9 Å². The molecule has 0 fully saturated rings. The zero-order chi connectivity index (χ0) is 26.4. The van der Waals surface area contributed by atoms with E-state index in [-0.39, 0.29) is 35.3 Å². The average molecular weight is 518 g/mol. The quantitative estimate of drug-likeness (QED) is 0.215. The van der Waals surface area contributed by atoms with E-state index in [1.807, 2.05) is 0 Å². The summed E-state index contributed by atoms with van der Waals surface area (Å²) in [5.74, 6) is 0.575. The van der Waals surface area contributed by atoms with Crippen LogP contribution in [0.15, 0.2) is 64.2 Å². The molecule has 4 N–H and O–H groups in total. The highest BCUT2D eigenvalue weighted by molar-refractivity contribution is 7.98. The Bertz CT molecular complexity index is 1490. The third-order valence-electron chi connectivity index (χ3n) is 5.17. The third-order valence-corrected chi connectivity index (χ3v) is 6.17. The number of halogens is 1. The number of benzene rings is 2. The first-order valence-corrected chi connectivity index (χ1v) is 11.9. The Hall–Kier alpha value is -4.42. The van der Waals surface area contributed by atoms with Gasteiger partial charge < -0.3 is 25.1 Å². The Labute approximate surface area is 215 Å². The molecule has 2 aromatic heterocycles. The topological polar surface area (TPSA) is 143 Å². The van der Waals surface area contributed by atoms with Crippen molar-refractivity contribution in [1.29, 1.82) is 5.26 Å². The third kappa shape index (κ3) is 5.88. The second-order valence-corrected chi connectivity index (χ2v) is 8.70. The van der Waals surface area contributed by atoms with Crippen molar-refractivity contribution in [3.05, 3.63) is 83.3 Å². The number of nitrogens with two attached hydrogens (primary N) is 1. The molecule has 0 saturated heterocycles. The van der Waals surface area contributed by atoms with Crippen LogP contribution in [0.1, 0.15) is 11.3 Å². The minimum absolute atomic E-state index is 0.0153. The van der Waals surface area contributed by atoms with Crippen LogP contribution in [0.25, 0.3) is 27.4 Å². The number of ether oxygens (including phenoxy) is 1. The van der Waals surface area contributed by atoms with Crippen LogP contribution < -0.4 is 10.5 Å². The van der Waals surface area contributed by atoms with Gasteiger partial charge in [0.05, 0.1) is 24.4 Å². The maximum absolute atomic E-state index is 13.5. The summed E-state index contributed by atoms with van der Waals surface area (Å²) in [7, 11) is 0. The average Bonchev–Trinajstić information content (AvgIpc) is 3.39. The SMILES string of the molecule is [C-]#[N+]c1c(N)nc(SCc2coc(-c3cccc(F)c3)n2)c(C#N)c1-c1ccc(OC[C@H](O)CO)cc1. The number of nitriles is 1. The zero-order valence-electron chi connectivity index (χ0n) is 19.3. The lowest BCUT2D eigenvalue weighted by Gasteiger charge is -2.14. The zero-order valence-corrected chi connectivity index (χ0v) is 20.1. The molecule has 0 aliphatic rings. The van der Waals surface area contributed by atoms with E-state index in [2.05, 4.69) is 20.9 Å². The predicted molar refractivity (Wildman–Crippen MR) is 135 cm³/mol. The van der Waals surface area contributed by atoms with Crippen LogP contribution >= 0.6 is 11.8 Å². The molecule has 2 heterocycles.